The van der Waals surface area contributed by atoms with Crippen LogP contribution in [-0.4, -0.2) is 12.4 Å². The molecule has 0 radical (unpaired) electrons. The van der Waals surface area contributed by atoms with E-state index in [0.717, 1.165) is 23.0 Å². The van der Waals surface area contributed by atoms with Crippen LogP contribution < -0.4 is 5.32 Å². The van der Waals surface area contributed by atoms with Crippen LogP contribution in [0.5, 0.6) is 0 Å². The Balaban J connectivity index is 2.42. The summed E-state index contributed by atoms with van der Waals surface area (Å²) >= 11 is 8.77. The van der Waals surface area contributed by atoms with Gasteiger partial charge in [-0.05, 0) is 36.7 Å². The molecule has 1 aromatic rings. The summed E-state index contributed by atoms with van der Waals surface area (Å²) < 4.78 is 13.7. The SMILES string of the molecule is Fc1cc(Br)cc(CNCCCCl)c1. The summed E-state index contributed by atoms with van der Waals surface area (Å²) in [6.45, 7) is 1.53. The molecule has 0 aliphatic rings. The third-order valence-corrected chi connectivity index (χ3v) is 2.46. The second-order valence-electron chi connectivity index (χ2n) is 3.00. The van der Waals surface area contributed by atoms with Gasteiger partial charge in [0.1, 0.15) is 5.82 Å². The highest BCUT2D eigenvalue weighted by Crippen LogP contribution is 2.14. The van der Waals surface area contributed by atoms with Crippen LogP contribution in [0.25, 0.3) is 0 Å². The highest BCUT2D eigenvalue weighted by molar-refractivity contribution is 9.10. The summed E-state index contributed by atoms with van der Waals surface area (Å²) in [5.74, 6) is 0.438. The van der Waals surface area contributed by atoms with Gasteiger partial charge in [-0.25, -0.2) is 4.39 Å². The van der Waals surface area contributed by atoms with E-state index in [1.54, 1.807) is 0 Å². The summed E-state index contributed by atoms with van der Waals surface area (Å²) in [5, 5.41) is 3.19. The minimum absolute atomic E-state index is 0.214. The number of alkyl halides is 1. The molecule has 0 spiro atoms. The lowest BCUT2D eigenvalue weighted by Gasteiger charge is -2.04. The lowest BCUT2D eigenvalue weighted by Crippen LogP contribution is -2.15. The van der Waals surface area contributed by atoms with Crippen molar-refractivity contribution in [3.63, 3.8) is 0 Å². The molecular formula is C10H12BrClFN. The first kappa shape index (κ1) is 12.0. The lowest BCUT2D eigenvalue weighted by atomic mass is 10.2. The Morgan fingerprint density at radius 1 is 1.36 bits per heavy atom. The number of hydrogen-bond donors (Lipinski definition) is 1. The van der Waals surface area contributed by atoms with E-state index in [1.807, 2.05) is 6.07 Å². The van der Waals surface area contributed by atoms with E-state index in [1.165, 1.54) is 12.1 Å². The van der Waals surface area contributed by atoms with Crippen molar-refractivity contribution in [3.8, 4) is 0 Å². The predicted molar refractivity (Wildman–Crippen MR) is 61.1 cm³/mol. The minimum atomic E-state index is -0.214. The Labute approximate surface area is 96.8 Å². The molecule has 0 atom stereocenters. The van der Waals surface area contributed by atoms with E-state index < -0.39 is 0 Å². The third-order valence-electron chi connectivity index (χ3n) is 1.74. The van der Waals surface area contributed by atoms with Crippen LogP contribution in [0.2, 0.25) is 0 Å². The van der Waals surface area contributed by atoms with Gasteiger partial charge >= 0.3 is 0 Å². The fraction of sp³-hybridized carbons (Fsp3) is 0.400. The molecule has 78 valence electrons. The van der Waals surface area contributed by atoms with Gasteiger partial charge in [-0.2, -0.15) is 0 Å². The topological polar surface area (TPSA) is 12.0 Å². The van der Waals surface area contributed by atoms with E-state index in [-0.39, 0.29) is 5.82 Å². The average molecular weight is 281 g/mol. The van der Waals surface area contributed by atoms with Crippen LogP contribution in [0.3, 0.4) is 0 Å². The molecule has 0 aliphatic carbocycles. The summed E-state index contributed by atoms with van der Waals surface area (Å²) in [5.41, 5.74) is 0.937. The van der Waals surface area contributed by atoms with E-state index in [9.17, 15) is 4.39 Å². The molecule has 0 saturated heterocycles. The van der Waals surface area contributed by atoms with Gasteiger partial charge in [0, 0.05) is 16.9 Å². The Kier molecular flexibility index (Phi) is 5.45. The van der Waals surface area contributed by atoms with E-state index in [0.29, 0.717) is 12.4 Å². The minimum Gasteiger partial charge on any atom is -0.313 e. The number of hydrogen-bond acceptors (Lipinski definition) is 1. The van der Waals surface area contributed by atoms with Gasteiger partial charge in [0.15, 0.2) is 0 Å². The zero-order valence-electron chi connectivity index (χ0n) is 7.69. The van der Waals surface area contributed by atoms with Crippen molar-refractivity contribution in [3.05, 3.63) is 34.1 Å². The number of benzene rings is 1. The molecule has 0 bridgehead atoms. The summed E-state index contributed by atoms with van der Waals surface area (Å²) in [7, 11) is 0. The molecule has 0 heterocycles. The molecule has 1 nitrogen and oxygen atoms in total. The fourth-order valence-corrected chi connectivity index (χ4v) is 1.78. The van der Waals surface area contributed by atoms with Crippen molar-refractivity contribution in [2.75, 3.05) is 12.4 Å². The second kappa shape index (κ2) is 6.38. The van der Waals surface area contributed by atoms with Crippen molar-refractivity contribution < 1.29 is 4.39 Å². The maximum absolute atomic E-state index is 12.9. The zero-order chi connectivity index (χ0) is 10.4. The highest BCUT2D eigenvalue weighted by Gasteiger charge is 1.98. The number of halogens is 3. The van der Waals surface area contributed by atoms with Crippen LogP contribution >= 0.6 is 27.5 Å². The highest BCUT2D eigenvalue weighted by atomic mass is 79.9. The zero-order valence-corrected chi connectivity index (χ0v) is 10.0. The number of rotatable bonds is 5. The van der Waals surface area contributed by atoms with E-state index >= 15 is 0 Å². The molecule has 0 amide bonds. The van der Waals surface area contributed by atoms with Crippen LogP contribution in [-0.2, 0) is 6.54 Å². The molecule has 0 fully saturated rings. The normalized spacial score (nSPS) is 10.5. The van der Waals surface area contributed by atoms with Crippen molar-refractivity contribution in [2.24, 2.45) is 0 Å². The van der Waals surface area contributed by atoms with Crippen molar-refractivity contribution in [1.82, 2.24) is 5.32 Å². The molecule has 14 heavy (non-hydrogen) atoms. The first-order valence-electron chi connectivity index (χ1n) is 4.44. The van der Waals surface area contributed by atoms with Gasteiger partial charge in [0.05, 0.1) is 0 Å². The first-order chi connectivity index (χ1) is 6.72. The Morgan fingerprint density at radius 2 is 2.14 bits per heavy atom. The van der Waals surface area contributed by atoms with Crippen LogP contribution in [0.1, 0.15) is 12.0 Å². The van der Waals surface area contributed by atoms with E-state index in [2.05, 4.69) is 21.2 Å². The predicted octanol–water partition coefficient (Wildman–Crippen LogP) is 3.31. The molecule has 1 rings (SSSR count). The molecule has 0 unspecified atom stereocenters. The van der Waals surface area contributed by atoms with Crippen LogP contribution in [0.4, 0.5) is 4.39 Å². The van der Waals surface area contributed by atoms with Gasteiger partial charge < -0.3 is 5.32 Å². The quantitative estimate of drug-likeness (QED) is 0.644. The standard InChI is InChI=1S/C10H12BrClFN/c11-9-4-8(5-10(13)6-9)7-14-3-1-2-12/h4-6,14H,1-3,7H2. The van der Waals surface area contributed by atoms with Crippen molar-refractivity contribution in [1.29, 1.82) is 0 Å². The average Bonchev–Trinajstić information content (AvgIpc) is 2.11. The molecule has 0 aromatic heterocycles. The van der Waals surface area contributed by atoms with Gasteiger partial charge in [-0.15, -0.1) is 11.6 Å². The summed E-state index contributed by atoms with van der Waals surface area (Å²) in [6.07, 6.45) is 0.929. The van der Waals surface area contributed by atoms with Crippen LogP contribution in [0, 0.1) is 5.82 Å². The maximum atomic E-state index is 12.9. The first-order valence-corrected chi connectivity index (χ1v) is 5.77. The monoisotopic (exact) mass is 279 g/mol. The van der Waals surface area contributed by atoms with Crippen molar-refractivity contribution >= 4 is 27.5 Å². The van der Waals surface area contributed by atoms with Crippen LogP contribution in [0.15, 0.2) is 22.7 Å². The molecule has 4 heteroatoms. The lowest BCUT2D eigenvalue weighted by molar-refractivity contribution is 0.618. The number of nitrogens with one attached hydrogen (secondary N) is 1. The van der Waals surface area contributed by atoms with Gasteiger partial charge in [0.25, 0.3) is 0 Å². The van der Waals surface area contributed by atoms with Gasteiger partial charge in [-0.1, -0.05) is 15.9 Å². The molecule has 1 N–H and O–H groups in total. The molecule has 1 aromatic carbocycles. The largest absolute Gasteiger partial charge is 0.313 e. The fourth-order valence-electron chi connectivity index (χ4n) is 1.14. The Bertz CT molecular complexity index is 273. The van der Waals surface area contributed by atoms with E-state index in [4.69, 9.17) is 11.6 Å². The van der Waals surface area contributed by atoms with Gasteiger partial charge in [-0.3, -0.25) is 0 Å². The smallest absolute Gasteiger partial charge is 0.124 e. The summed E-state index contributed by atoms with van der Waals surface area (Å²) in [4.78, 5) is 0. The molecule has 0 saturated carbocycles. The second-order valence-corrected chi connectivity index (χ2v) is 4.29. The third kappa shape index (κ3) is 4.40. The molecular weight excluding hydrogens is 268 g/mol. The Hall–Kier alpha value is -0.120. The summed E-state index contributed by atoms with van der Waals surface area (Å²) in [6, 6.07) is 4.87. The Morgan fingerprint density at radius 3 is 2.79 bits per heavy atom. The molecule has 0 aliphatic heterocycles. The maximum Gasteiger partial charge on any atom is 0.124 e. The van der Waals surface area contributed by atoms with Crippen molar-refractivity contribution in [2.45, 2.75) is 13.0 Å². The van der Waals surface area contributed by atoms with Gasteiger partial charge in [0.2, 0.25) is 0 Å².